The predicted octanol–water partition coefficient (Wildman–Crippen LogP) is 6.13. The van der Waals surface area contributed by atoms with E-state index in [2.05, 4.69) is 56.7 Å². The summed E-state index contributed by atoms with van der Waals surface area (Å²) in [5.74, 6) is 0.506. The van der Waals surface area contributed by atoms with Crippen molar-refractivity contribution in [2.24, 2.45) is 5.41 Å². The quantitative estimate of drug-likeness (QED) is 0.578. The molecule has 0 amide bonds. The van der Waals surface area contributed by atoms with Crippen LogP contribution < -0.4 is 4.72 Å². The fourth-order valence-electron chi connectivity index (χ4n) is 4.11. The number of hydrogen-bond acceptors (Lipinski definition) is 3. The molecular weight excluding hydrogens is 440 g/mol. The third-order valence-electron chi connectivity index (χ3n) is 6.01. The van der Waals surface area contributed by atoms with Crippen molar-refractivity contribution in [3.8, 4) is 0 Å². The number of allylic oxidation sites excluding steroid dienone is 9. The molecule has 1 aromatic rings. The van der Waals surface area contributed by atoms with Crippen LogP contribution in [0.3, 0.4) is 0 Å². The number of hydrogen-bond donors (Lipinski definition) is 1. The predicted molar refractivity (Wildman–Crippen MR) is 133 cm³/mol. The average molecular weight is 469 g/mol. The zero-order valence-electron chi connectivity index (χ0n) is 18.9. The lowest BCUT2D eigenvalue weighted by Gasteiger charge is -2.34. The average Bonchev–Trinajstić information content (AvgIpc) is 2.75. The van der Waals surface area contributed by atoms with Crippen molar-refractivity contribution >= 4 is 27.2 Å². The Morgan fingerprint density at radius 3 is 2.50 bits per heavy atom. The van der Waals surface area contributed by atoms with Gasteiger partial charge in [0.05, 0.1) is 15.6 Å². The first kappa shape index (κ1) is 22.7. The number of sulfonamides is 1. The topological polar surface area (TPSA) is 49.4 Å². The lowest BCUT2D eigenvalue weighted by molar-refractivity contribution is 0.454. The first-order valence-corrected chi connectivity index (χ1v) is 12.7. The Morgan fingerprint density at radius 2 is 1.84 bits per heavy atom. The molecule has 0 spiro atoms. The number of nitrogens with zero attached hydrogens (tertiary/aromatic N) is 1. The van der Waals surface area contributed by atoms with Gasteiger partial charge in [-0.2, -0.15) is 0 Å². The Morgan fingerprint density at radius 1 is 1.06 bits per heavy atom. The minimum absolute atomic E-state index is 0.0431. The van der Waals surface area contributed by atoms with Crippen molar-refractivity contribution < 1.29 is 8.42 Å². The second-order valence-electron chi connectivity index (χ2n) is 9.42. The molecule has 2 heterocycles. The van der Waals surface area contributed by atoms with E-state index in [-0.39, 0.29) is 5.41 Å². The van der Waals surface area contributed by atoms with Gasteiger partial charge in [0.15, 0.2) is 0 Å². The van der Waals surface area contributed by atoms with Gasteiger partial charge in [0.1, 0.15) is 5.82 Å². The Labute approximate surface area is 196 Å². The highest BCUT2D eigenvalue weighted by Crippen LogP contribution is 2.36. The van der Waals surface area contributed by atoms with Crippen LogP contribution in [0.1, 0.15) is 44.7 Å². The van der Waals surface area contributed by atoms with Crippen LogP contribution in [0.2, 0.25) is 0 Å². The maximum Gasteiger partial charge on any atom is 0.259 e. The smallest absolute Gasteiger partial charge is 0.259 e. The Bertz CT molecular complexity index is 1240. The lowest BCUT2D eigenvalue weighted by Crippen LogP contribution is -2.38. The number of rotatable bonds is 4. The van der Waals surface area contributed by atoms with Crippen LogP contribution in [0, 0.1) is 12.3 Å². The van der Waals surface area contributed by atoms with Gasteiger partial charge in [0.25, 0.3) is 10.0 Å². The summed E-state index contributed by atoms with van der Waals surface area (Å²) in [6.07, 6.45) is 12.5. The van der Waals surface area contributed by atoms with E-state index in [9.17, 15) is 8.42 Å². The second-order valence-corrected chi connectivity index (χ2v) is 11.6. The van der Waals surface area contributed by atoms with Crippen molar-refractivity contribution in [3.63, 3.8) is 0 Å². The number of fused-ring (bicyclic) bond motifs is 1. The minimum Gasteiger partial charge on any atom is -0.322 e. The minimum atomic E-state index is -3.65. The highest BCUT2D eigenvalue weighted by Gasteiger charge is 2.29. The maximum atomic E-state index is 13.1. The van der Waals surface area contributed by atoms with E-state index in [1.165, 1.54) is 11.1 Å². The Hall–Kier alpha value is -2.50. The third-order valence-corrected chi connectivity index (χ3v) is 7.84. The molecule has 6 heteroatoms. The van der Waals surface area contributed by atoms with Crippen LogP contribution in [0.5, 0.6) is 0 Å². The van der Waals surface area contributed by atoms with Gasteiger partial charge in [-0.25, -0.2) is 8.42 Å². The molecule has 168 valence electrons. The molecule has 32 heavy (non-hydrogen) atoms. The second kappa shape index (κ2) is 8.45. The van der Waals surface area contributed by atoms with E-state index in [1.54, 1.807) is 18.2 Å². The summed E-state index contributed by atoms with van der Waals surface area (Å²) in [4.78, 5) is 2.31. The van der Waals surface area contributed by atoms with Gasteiger partial charge in [0.2, 0.25) is 0 Å². The maximum absolute atomic E-state index is 13.1. The fourth-order valence-corrected chi connectivity index (χ4v) is 5.53. The summed E-state index contributed by atoms with van der Waals surface area (Å²) in [7, 11) is -3.65. The van der Waals surface area contributed by atoms with E-state index in [0.29, 0.717) is 28.7 Å². The largest absolute Gasteiger partial charge is 0.322 e. The van der Waals surface area contributed by atoms with Gasteiger partial charge in [-0.1, -0.05) is 79.9 Å². The van der Waals surface area contributed by atoms with Crippen LogP contribution in [0.4, 0.5) is 0 Å². The molecule has 0 aromatic heterocycles. The molecule has 0 radical (unpaired) electrons. The summed E-state index contributed by atoms with van der Waals surface area (Å²) in [5.41, 5.74) is 5.47. The number of aryl methyl sites for hydroxylation is 1. The third kappa shape index (κ3) is 4.64. The molecule has 1 aliphatic carbocycles. The summed E-state index contributed by atoms with van der Waals surface area (Å²) in [6.45, 7) is 9.04. The van der Waals surface area contributed by atoms with Gasteiger partial charge in [-0.05, 0) is 60.6 Å². The Balaban J connectivity index is 1.57. The van der Waals surface area contributed by atoms with E-state index in [1.807, 2.05) is 23.1 Å². The highest BCUT2D eigenvalue weighted by atomic mass is 35.5. The summed E-state index contributed by atoms with van der Waals surface area (Å²) < 4.78 is 29.0. The Kier molecular flexibility index (Phi) is 5.99. The van der Waals surface area contributed by atoms with Crippen LogP contribution >= 0.6 is 11.6 Å². The fraction of sp³-hybridized carbons (Fsp3) is 0.308. The van der Waals surface area contributed by atoms with Gasteiger partial charge < -0.3 is 4.90 Å². The van der Waals surface area contributed by atoms with Gasteiger partial charge in [-0.3, -0.25) is 4.72 Å². The zero-order chi connectivity index (χ0) is 23.1. The van der Waals surface area contributed by atoms with Gasteiger partial charge in [0, 0.05) is 6.54 Å². The molecule has 2 aliphatic heterocycles. The van der Waals surface area contributed by atoms with Crippen molar-refractivity contribution in [1.29, 1.82) is 0 Å². The molecule has 3 aliphatic rings. The molecule has 0 bridgehead atoms. The molecule has 1 aromatic carbocycles. The monoisotopic (exact) mass is 468 g/mol. The summed E-state index contributed by atoms with van der Waals surface area (Å²) >= 11 is 6.50. The molecule has 0 saturated carbocycles. The van der Waals surface area contributed by atoms with Crippen LogP contribution in [0.15, 0.2) is 87.8 Å². The van der Waals surface area contributed by atoms with Crippen LogP contribution in [-0.2, 0) is 10.0 Å². The molecule has 4 rings (SSSR count). The summed E-state index contributed by atoms with van der Waals surface area (Å²) in [6, 6.07) is 8.30. The lowest BCUT2D eigenvalue weighted by atomic mass is 9.82. The molecule has 0 atom stereocenters. The number of halogens is 1. The molecule has 0 unspecified atom stereocenters. The van der Waals surface area contributed by atoms with Crippen molar-refractivity contribution in [3.05, 3.63) is 98.9 Å². The molecule has 1 N–H and O–H groups in total. The molecular formula is C26H29ClN2O2S. The van der Waals surface area contributed by atoms with Crippen LogP contribution in [0.25, 0.3) is 5.57 Å². The standard InChI is InChI=1S/C26H29ClN2O2S/c1-18-6-5-7-19(16-18)20-14-15-29-24(17-20)23(27)12-13-25(29)28-32(30,31)22-10-8-21(9-11-22)26(2,3)4/h5-8,10,12-14,16-17,28H,9,11,15H2,1-4H3. The number of nitrogens with one attached hydrogen (secondary N) is 1. The molecule has 0 fully saturated rings. The van der Waals surface area contributed by atoms with Gasteiger partial charge >= 0.3 is 0 Å². The highest BCUT2D eigenvalue weighted by molar-refractivity contribution is 7.93. The van der Waals surface area contributed by atoms with Crippen LogP contribution in [-0.4, -0.2) is 19.9 Å². The van der Waals surface area contributed by atoms with E-state index in [4.69, 9.17) is 11.6 Å². The SMILES string of the molecule is Cc1cccc(C2=CCN3C(NS(=O)(=O)C4=CC=C(C(C)(C)C)CC4)=CC=C(Cl)C3=C2)c1. The van der Waals surface area contributed by atoms with Crippen molar-refractivity contribution in [1.82, 2.24) is 9.62 Å². The van der Waals surface area contributed by atoms with Gasteiger partial charge in [-0.15, -0.1) is 0 Å². The first-order valence-electron chi connectivity index (χ1n) is 10.8. The van der Waals surface area contributed by atoms with E-state index < -0.39 is 10.0 Å². The molecule has 0 saturated heterocycles. The number of benzene rings is 1. The normalized spacial score (nSPS) is 19.1. The van der Waals surface area contributed by atoms with Crippen molar-refractivity contribution in [2.45, 2.75) is 40.5 Å². The van der Waals surface area contributed by atoms with Crippen molar-refractivity contribution in [2.75, 3.05) is 6.54 Å². The summed E-state index contributed by atoms with van der Waals surface area (Å²) in [5, 5.41) is 0.584. The first-order chi connectivity index (χ1) is 15.0. The van der Waals surface area contributed by atoms with E-state index in [0.717, 1.165) is 23.3 Å². The zero-order valence-corrected chi connectivity index (χ0v) is 20.5. The molecule has 4 nitrogen and oxygen atoms in total. The van der Waals surface area contributed by atoms with E-state index >= 15 is 0 Å².